The average molecular weight is 544 g/mol. The second kappa shape index (κ2) is 13.2. The van der Waals surface area contributed by atoms with Crippen molar-refractivity contribution >= 4 is 18.2 Å². The molecule has 0 saturated carbocycles. The number of piperazine rings is 1. The highest BCUT2D eigenvalue weighted by atomic mass is 19.4. The van der Waals surface area contributed by atoms with Crippen molar-refractivity contribution in [2.24, 2.45) is 5.16 Å². The summed E-state index contributed by atoms with van der Waals surface area (Å²) in [6.45, 7) is 1.94. The quantitative estimate of drug-likeness (QED) is 0.134. The fraction of sp³-hybridized carbons (Fsp3) is 0.310. The lowest BCUT2D eigenvalue weighted by atomic mass is 10.1. The summed E-state index contributed by atoms with van der Waals surface area (Å²) in [6.07, 6.45) is -1.49. The first-order valence-electron chi connectivity index (χ1n) is 12.6. The molecule has 206 valence electrons. The molecular formula is C29H29F4N3O3. The van der Waals surface area contributed by atoms with Gasteiger partial charge in [-0.2, -0.15) is 13.2 Å². The number of carbonyl (C=O) groups is 1. The molecule has 10 heteroatoms. The van der Waals surface area contributed by atoms with E-state index in [9.17, 15) is 22.4 Å². The van der Waals surface area contributed by atoms with Crippen LogP contribution in [0.15, 0.2) is 78.0 Å². The van der Waals surface area contributed by atoms with E-state index in [1.165, 1.54) is 12.1 Å². The fourth-order valence-corrected chi connectivity index (χ4v) is 4.23. The number of benzene rings is 3. The highest BCUT2D eigenvalue weighted by molar-refractivity contribution is 5.57. The second-order valence-electron chi connectivity index (χ2n) is 9.05. The molecule has 0 aromatic heterocycles. The van der Waals surface area contributed by atoms with Gasteiger partial charge in [-0.3, -0.25) is 9.69 Å². The van der Waals surface area contributed by atoms with Crippen LogP contribution in [0, 0.1) is 5.82 Å². The van der Waals surface area contributed by atoms with Crippen molar-refractivity contribution in [2.75, 3.05) is 31.1 Å². The molecule has 1 heterocycles. The van der Waals surface area contributed by atoms with Gasteiger partial charge in [0, 0.05) is 43.6 Å². The Morgan fingerprint density at radius 2 is 1.69 bits per heavy atom. The van der Waals surface area contributed by atoms with E-state index in [0.29, 0.717) is 56.0 Å². The van der Waals surface area contributed by atoms with Crippen LogP contribution in [0.1, 0.15) is 23.1 Å². The van der Waals surface area contributed by atoms with E-state index in [-0.39, 0.29) is 12.4 Å². The lowest BCUT2D eigenvalue weighted by molar-refractivity contribution is -0.137. The monoisotopic (exact) mass is 543 g/mol. The lowest BCUT2D eigenvalue weighted by Gasteiger charge is -2.38. The third-order valence-electron chi connectivity index (χ3n) is 6.40. The van der Waals surface area contributed by atoms with E-state index in [1.807, 2.05) is 21.9 Å². The van der Waals surface area contributed by atoms with Crippen LogP contribution in [-0.2, 0) is 28.8 Å². The number of anilines is 1. The number of hydrogen-bond donors (Lipinski definition) is 0. The Morgan fingerprint density at radius 3 is 2.38 bits per heavy atom. The molecule has 0 bridgehead atoms. The molecular weight excluding hydrogens is 514 g/mol. The molecule has 0 radical (unpaired) electrons. The maximum absolute atomic E-state index is 13.6. The Hall–Kier alpha value is -3.92. The molecule has 1 fully saturated rings. The molecule has 1 atom stereocenters. The molecule has 0 amide bonds. The van der Waals surface area contributed by atoms with Gasteiger partial charge in [0.2, 0.25) is 6.23 Å². The van der Waals surface area contributed by atoms with Crippen molar-refractivity contribution in [1.29, 1.82) is 0 Å². The smallest absolute Gasteiger partial charge is 0.416 e. The van der Waals surface area contributed by atoms with Crippen LogP contribution in [0.2, 0.25) is 0 Å². The standard InChI is InChI=1S/C29H29F4N3O3/c30-27-9-2-1-6-23(27)21-38-34-14-4-5-22-10-12-26(13-11-22)39-28(20-37)36-17-15-35(16-18-36)25-8-3-7-24(19-25)29(31,32)33/h1-3,6-14,19-20,28H,4-5,15-18,21H2. The summed E-state index contributed by atoms with van der Waals surface area (Å²) < 4.78 is 58.6. The largest absolute Gasteiger partial charge is 0.468 e. The van der Waals surface area contributed by atoms with Crippen molar-refractivity contribution in [2.45, 2.75) is 31.9 Å². The van der Waals surface area contributed by atoms with Crippen LogP contribution in [0.5, 0.6) is 5.75 Å². The molecule has 1 aliphatic heterocycles. The number of oxime groups is 1. The number of alkyl halides is 3. The molecule has 4 rings (SSSR count). The van der Waals surface area contributed by atoms with E-state index in [4.69, 9.17) is 9.57 Å². The first-order valence-corrected chi connectivity index (χ1v) is 12.6. The highest BCUT2D eigenvalue weighted by Crippen LogP contribution is 2.32. The number of nitrogens with zero attached hydrogens (tertiary/aromatic N) is 3. The van der Waals surface area contributed by atoms with Gasteiger partial charge in [-0.1, -0.05) is 41.6 Å². The van der Waals surface area contributed by atoms with E-state index in [1.54, 1.807) is 42.6 Å². The number of ether oxygens (including phenoxy) is 1. The minimum absolute atomic E-state index is 0.0629. The number of aldehydes is 1. The van der Waals surface area contributed by atoms with Crippen LogP contribution >= 0.6 is 0 Å². The van der Waals surface area contributed by atoms with Gasteiger partial charge >= 0.3 is 6.18 Å². The number of halogens is 4. The van der Waals surface area contributed by atoms with Crippen molar-refractivity contribution in [3.8, 4) is 5.75 Å². The Morgan fingerprint density at radius 1 is 0.949 bits per heavy atom. The van der Waals surface area contributed by atoms with Gasteiger partial charge in [0.15, 0.2) is 6.29 Å². The first-order chi connectivity index (χ1) is 18.8. The third-order valence-corrected chi connectivity index (χ3v) is 6.40. The molecule has 1 saturated heterocycles. The summed E-state index contributed by atoms with van der Waals surface area (Å²) in [5, 5.41) is 3.87. The molecule has 1 unspecified atom stereocenters. The molecule has 3 aromatic carbocycles. The molecule has 0 aliphatic carbocycles. The van der Waals surface area contributed by atoms with Gasteiger partial charge in [-0.15, -0.1) is 0 Å². The fourth-order valence-electron chi connectivity index (χ4n) is 4.23. The Labute approximate surface area is 224 Å². The summed E-state index contributed by atoms with van der Waals surface area (Å²) >= 11 is 0. The molecule has 1 aliphatic rings. The molecule has 39 heavy (non-hydrogen) atoms. The summed E-state index contributed by atoms with van der Waals surface area (Å²) in [4.78, 5) is 20.6. The van der Waals surface area contributed by atoms with Crippen molar-refractivity contribution < 1.29 is 31.9 Å². The predicted molar refractivity (Wildman–Crippen MR) is 140 cm³/mol. The van der Waals surface area contributed by atoms with Gasteiger partial charge in [-0.25, -0.2) is 4.39 Å². The van der Waals surface area contributed by atoms with E-state index < -0.39 is 18.0 Å². The summed E-state index contributed by atoms with van der Waals surface area (Å²) in [5.74, 6) is 0.210. The lowest BCUT2D eigenvalue weighted by Crippen LogP contribution is -2.52. The molecule has 3 aromatic rings. The third kappa shape index (κ3) is 8.03. The van der Waals surface area contributed by atoms with Crippen LogP contribution < -0.4 is 9.64 Å². The zero-order valence-electron chi connectivity index (χ0n) is 21.2. The molecule has 0 spiro atoms. The van der Waals surface area contributed by atoms with Gasteiger partial charge in [0.1, 0.15) is 18.2 Å². The van der Waals surface area contributed by atoms with Crippen LogP contribution in [0.25, 0.3) is 0 Å². The Bertz CT molecular complexity index is 1240. The number of hydrogen-bond acceptors (Lipinski definition) is 6. The minimum atomic E-state index is -4.39. The van der Waals surface area contributed by atoms with E-state index >= 15 is 0 Å². The van der Waals surface area contributed by atoms with E-state index in [0.717, 1.165) is 24.0 Å². The number of rotatable bonds is 11. The van der Waals surface area contributed by atoms with Crippen LogP contribution in [0.4, 0.5) is 23.2 Å². The van der Waals surface area contributed by atoms with Gasteiger partial charge in [0.05, 0.1) is 5.56 Å². The van der Waals surface area contributed by atoms with Crippen LogP contribution in [-0.4, -0.2) is 49.8 Å². The van der Waals surface area contributed by atoms with Crippen molar-refractivity contribution in [3.05, 3.63) is 95.3 Å². The van der Waals surface area contributed by atoms with Crippen molar-refractivity contribution in [1.82, 2.24) is 4.90 Å². The van der Waals surface area contributed by atoms with Gasteiger partial charge in [0.25, 0.3) is 0 Å². The highest BCUT2D eigenvalue weighted by Gasteiger charge is 2.31. The average Bonchev–Trinajstić information content (AvgIpc) is 2.95. The summed E-state index contributed by atoms with van der Waals surface area (Å²) in [6, 6.07) is 19.0. The van der Waals surface area contributed by atoms with Gasteiger partial charge in [-0.05, 0) is 54.8 Å². The maximum Gasteiger partial charge on any atom is 0.416 e. The van der Waals surface area contributed by atoms with Gasteiger partial charge < -0.3 is 14.5 Å². The number of carbonyl (C=O) groups excluding carboxylic acids is 1. The van der Waals surface area contributed by atoms with Crippen molar-refractivity contribution in [3.63, 3.8) is 0 Å². The predicted octanol–water partition coefficient (Wildman–Crippen LogP) is 5.71. The van der Waals surface area contributed by atoms with E-state index in [2.05, 4.69) is 5.16 Å². The second-order valence-corrected chi connectivity index (χ2v) is 9.05. The topological polar surface area (TPSA) is 54.4 Å². The summed E-state index contributed by atoms with van der Waals surface area (Å²) in [5.41, 5.74) is 1.31. The van der Waals surface area contributed by atoms with Crippen LogP contribution in [0.3, 0.4) is 0 Å². The molecule has 0 N–H and O–H groups in total. The Kier molecular flexibility index (Phi) is 9.54. The Balaban J connectivity index is 1.21. The number of aryl methyl sites for hydroxylation is 1. The maximum atomic E-state index is 13.6. The SMILES string of the molecule is O=CC(Oc1ccc(CCC=NOCc2ccccc2F)cc1)N1CCN(c2cccc(C(F)(F)F)c2)CC1. The first kappa shape index (κ1) is 28.1. The normalized spacial score (nSPS) is 15.3. The minimum Gasteiger partial charge on any atom is -0.468 e. The zero-order chi connectivity index (χ0) is 27.7. The zero-order valence-corrected chi connectivity index (χ0v) is 21.2. The molecule has 6 nitrogen and oxygen atoms in total. The summed E-state index contributed by atoms with van der Waals surface area (Å²) in [7, 11) is 0.